The number of carbonyl (C=O) groups excluding carboxylic acids is 1. The number of anilines is 1. The van der Waals surface area contributed by atoms with Crippen LogP contribution in [-0.4, -0.2) is 43.2 Å². The van der Waals surface area contributed by atoms with Crippen LogP contribution >= 0.6 is 27.0 Å². The Morgan fingerprint density at radius 1 is 1.03 bits per heavy atom. The van der Waals surface area contributed by atoms with E-state index in [2.05, 4.69) is 31.1 Å². The van der Waals surface area contributed by atoms with Gasteiger partial charge >= 0.3 is 6.18 Å². The molecule has 1 saturated carbocycles. The Morgan fingerprint density at radius 2 is 1.68 bits per heavy atom. The third-order valence-electron chi connectivity index (χ3n) is 5.42. The van der Waals surface area contributed by atoms with Crippen LogP contribution in [0, 0.1) is 6.92 Å². The number of pyridine rings is 1. The number of carbonyl (C=O) groups is 1. The zero-order valence-corrected chi connectivity index (χ0v) is 20.3. The Bertz CT molecular complexity index is 1070. The number of nitrogens with one attached hydrogen (secondary N) is 2. The molecular formula is C21H26F3N7OS2. The minimum atomic E-state index is -4.48. The Balaban J connectivity index is 0.00000204. The molecule has 4 rings (SSSR count). The van der Waals surface area contributed by atoms with E-state index in [1.165, 1.54) is 11.0 Å². The number of tetrazole rings is 1. The molecule has 184 valence electrons. The average Bonchev–Trinajstić information content (AvgIpc) is 3.29. The largest absolute Gasteiger partial charge is 0.433 e. The normalized spacial score (nSPS) is 17.8. The van der Waals surface area contributed by atoms with Gasteiger partial charge in [0.25, 0.3) is 5.91 Å². The molecule has 34 heavy (non-hydrogen) atoms. The summed E-state index contributed by atoms with van der Waals surface area (Å²) in [5, 5.41) is 17.2. The molecule has 2 heterocycles. The van der Waals surface area contributed by atoms with Gasteiger partial charge in [-0.1, -0.05) is 0 Å². The lowest BCUT2D eigenvalue weighted by Crippen LogP contribution is -2.40. The highest BCUT2D eigenvalue weighted by atomic mass is 32.1. The van der Waals surface area contributed by atoms with Crippen molar-refractivity contribution >= 4 is 38.6 Å². The Kier molecular flexibility index (Phi) is 9.33. The summed E-state index contributed by atoms with van der Waals surface area (Å²) in [5.41, 5.74) is 1.12. The van der Waals surface area contributed by atoms with Crippen LogP contribution in [0.15, 0.2) is 42.7 Å². The van der Waals surface area contributed by atoms with Crippen LogP contribution in [0.25, 0.3) is 5.69 Å². The fourth-order valence-corrected chi connectivity index (χ4v) is 3.83. The van der Waals surface area contributed by atoms with E-state index in [1.807, 2.05) is 0 Å². The van der Waals surface area contributed by atoms with Crippen LogP contribution in [0.4, 0.5) is 18.9 Å². The summed E-state index contributed by atoms with van der Waals surface area (Å²) >= 11 is 0. The van der Waals surface area contributed by atoms with Crippen molar-refractivity contribution < 1.29 is 18.0 Å². The van der Waals surface area contributed by atoms with Crippen molar-refractivity contribution in [3.63, 3.8) is 0 Å². The number of nitrogens with zero attached hydrogens (tertiary/aromatic N) is 5. The summed E-state index contributed by atoms with van der Waals surface area (Å²) in [6.45, 7) is 1.54. The molecule has 0 aliphatic heterocycles. The Hall–Kier alpha value is -2.80. The number of hydrogen-bond donors (Lipinski definition) is 2. The van der Waals surface area contributed by atoms with Gasteiger partial charge < -0.3 is 10.6 Å². The van der Waals surface area contributed by atoms with Crippen molar-refractivity contribution in [2.24, 2.45) is 0 Å². The first-order valence-electron chi connectivity index (χ1n) is 10.2. The minimum absolute atomic E-state index is 0. The molecule has 0 unspecified atom stereocenters. The number of amides is 1. The zero-order chi connectivity index (χ0) is 22.7. The molecule has 0 atom stereocenters. The van der Waals surface area contributed by atoms with Gasteiger partial charge in [-0.15, -0.1) is 5.10 Å². The highest BCUT2D eigenvalue weighted by molar-refractivity contribution is 7.59. The maximum Gasteiger partial charge on any atom is 0.433 e. The number of aryl methyl sites for hydroxylation is 1. The molecule has 0 saturated heterocycles. The SMILES string of the molecule is Cc1cc(NC2CCC(NC(=O)c3ccc(-n4cnnn4)cc3)CC2)cc(C(F)(F)F)n1.S.S. The van der Waals surface area contributed by atoms with Crippen molar-refractivity contribution in [3.05, 3.63) is 59.7 Å². The minimum Gasteiger partial charge on any atom is -0.382 e. The molecule has 2 aromatic heterocycles. The summed E-state index contributed by atoms with van der Waals surface area (Å²) in [7, 11) is 0. The summed E-state index contributed by atoms with van der Waals surface area (Å²) in [5.74, 6) is -0.163. The number of hydrogen-bond acceptors (Lipinski definition) is 6. The second kappa shape index (κ2) is 11.6. The van der Waals surface area contributed by atoms with E-state index in [4.69, 9.17) is 0 Å². The second-order valence-electron chi connectivity index (χ2n) is 7.85. The molecule has 3 aromatic rings. The lowest BCUT2D eigenvalue weighted by atomic mass is 9.90. The van der Waals surface area contributed by atoms with Crippen LogP contribution < -0.4 is 10.6 Å². The van der Waals surface area contributed by atoms with Crippen molar-refractivity contribution in [2.45, 2.75) is 50.9 Å². The van der Waals surface area contributed by atoms with Gasteiger partial charge in [0.2, 0.25) is 0 Å². The van der Waals surface area contributed by atoms with Gasteiger partial charge in [0, 0.05) is 29.0 Å². The first kappa shape index (κ1) is 27.4. The fourth-order valence-electron chi connectivity index (χ4n) is 3.83. The molecule has 13 heteroatoms. The smallest absolute Gasteiger partial charge is 0.382 e. The lowest BCUT2D eigenvalue weighted by Gasteiger charge is -2.30. The van der Waals surface area contributed by atoms with E-state index < -0.39 is 11.9 Å². The van der Waals surface area contributed by atoms with E-state index in [0.717, 1.165) is 37.4 Å². The third-order valence-corrected chi connectivity index (χ3v) is 5.42. The monoisotopic (exact) mass is 513 g/mol. The zero-order valence-electron chi connectivity index (χ0n) is 18.3. The molecule has 8 nitrogen and oxygen atoms in total. The molecule has 2 N–H and O–H groups in total. The first-order chi connectivity index (χ1) is 15.3. The molecule has 0 bridgehead atoms. The topological polar surface area (TPSA) is 97.6 Å². The molecule has 1 amide bonds. The van der Waals surface area contributed by atoms with E-state index in [-0.39, 0.29) is 45.0 Å². The third kappa shape index (κ3) is 6.86. The molecule has 0 spiro atoms. The van der Waals surface area contributed by atoms with Gasteiger partial charge in [-0.25, -0.2) is 9.67 Å². The van der Waals surface area contributed by atoms with Gasteiger partial charge in [-0.05, 0) is 79.4 Å². The standard InChI is InChI=1S/C21H22F3N7O.2H2S/c1-13-10-17(11-19(26-13)21(22,23)24)27-15-4-6-16(7-5-15)28-20(32)14-2-8-18(9-3-14)31-12-25-29-30-31;;/h2-3,8-12,15-16H,4-7H2,1H3,(H,26,27)(H,28,32);2*1H2. The van der Waals surface area contributed by atoms with Crippen molar-refractivity contribution in [2.75, 3.05) is 5.32 Å². The van der Waals surface area contributed by atoms with Crippen LogP contribution in [0.1, 0.15) is 47.4 Å². The van der Waals surface area contributed by atoms with Crippen molar-refractivity contribution in [3.8, 4) is 5.69 Å². The van der Waals surface area contributed by atoms with Crippen LogP contribution in [0.3, 0.4) is 0 Å². The van der Waals surface area contributed by atoms with E-state index in [1.54, 1.807) is 37.3 Å². The highest BCUT2D eigenvalue weighted by Crippen LogP contribution is 2.31. The number of rotatable bonds is 5. The van der Waals surface area contributed by atoms with Crippen LogP contribution in [0.2, 0.25) is 0 Å². The highest BCUT2D eigenvalue weighted by Gasteiger charge is 2.33. The van der Waals surface area contributed by atoms with Crippen LogP contribution in [0.5, 0.6) is 0 Å². The molecular weight excluding hydrogens is 487 g/mol. The molecule has 0 radical (unpaired) electrons. The number of alkyl halides is 3. The maximum atomic E-state index is 13.0. The Morgan fingerprint density at radius 3 is 2.26 bits per heavy atom. The van der Waals surface area contributed by atoms with Gasteiger partial charge in [-0.2, -0.15) is 40.2 Å². The van der Waals surface area contributed by atoms with E-state index in [0.29, 0.717) is 16.9 Å². The fraction of sp³-hybridized carbons (Fsp3) is 0.381. The summed E-state index contributed by atoms with van der Waals surface area (Å²) in [4.78, 5) is 16.1. The van der Waals surface area contributed by atoms with Crippen molar-refractivity contribution in [1.29, 1.82) is 0 Å². The summed E-state index contributed by atoms with van der Waals surface area (Å²) in [6, 6.07) is 9.66. The number of benzene rings is 1. The number of halogens is 3. The van der Waals surface area contributed by atoms with Gasteiger partial charge in [0.15, 0.2) is 0 Å². The molecule has 1 aliphatic carbocycles. The van der Waals surface area contributed by atoms with Crippen molar-refractivity contribution in [1.82, 2.24) is 30.5 Å². The first-order valence-corrected chi connectivity index (χ1v) is 10.2. The molecule has 1 aliphatic rings. The molecule has 1 aromatic carbocycles. The lowest BCUT2D eigenvalue weighted by molar-refractivity contribution is -0.141. The average molecular weight is 514 g/mol. The maximum absolute atomic E-state index is 13.0. The van der Waals surface area contributed by atoms with Gasteiger partial charge in [-0.3, -0.25) is 4.79 Å². The predicted molar refractivity (Wildman–Crippen MR) is 131 cm³/mol. The van der Waals surface area contributed by atoms with Gasteiger partial charge in [0.1, 0.15) is 12.0 Å². The second-order valence-corrected chi connectivity index (χ2v) is 7.85. The number of aromatic nitrogens is 5. The Labute approximate surface area is 208 Å². The van der Waals surface area contributed by atoms with E-state index in [9.17, 15) is 18.0 Å². The van der Waals surface area contributed by atoms with E-state index >= 15 is 0 Å². The summed E-state index contributed by atoms with van der Waals surface area (Å²) < 4.78 is 40.5. The molecule has 1 fully saturated rings. The van der Waals surface area contributed by atoms with Crippen LogP contribution in [-0.2, 0) is 6.18 Å². The van der Waals surface area contributed by atoms with Gasteiger partial charge in [0.05, 0.1) is 5.69 Å². The predicted octanol–water partition coefficient (Wildman–Crippen LogP) is 3.76. The quantitative estimate of drug-likeness (QED) is 0.539. The summed E-state index contributed by atoms with van der Waals surface area (Å²) in [6.07, 6.45) is -0.0457.